The Hall–Kier alpha value is -3.92. The Balaban J connectivity index is 1.52. The summed E-state index contributed by atoms with van der Waals surface area (Å²) in [7, 11) is 3.16. The summed E-state index contributed by atoms with van der Waals surface area (Å²) in [6.07, 6.45) is 1.41. The van der Waals surface area contributed by atoms with Gasteiger partial charge < -0.3 is 28.7 Å². The largest absolute Gasteiger partial charge is 0.497 e. The van der Waals surface area contributed by atoms with Gasteiger partial charge in [0.1, 0.15) is 11.5 Å². The van der Waals surface area contributed by atoms with Crippen molar-refractivity contribution in [3.05, 3.63) is 53.9 Å². The number of amides is 2. The zero-order chi connectivity index (χ0) is 29.4. The first kappa shape index (κ1) is 30.0. The van der Waals surface area contributed by atoms with Crippen LogP contribution < -0.4 is 14.4 Å². The van der Waals surface area contributed by atoms with Gasteiger partial charge in [0, 0.05) is 64.2 Å². The smallest absolute Gasteiger partial charge is 0.227 e. The summed E-state index contributed by atoms with van der Waals surface area (Å²) in [4.78, 5) is 36.9. The van der Waals surface area contributed by atoms with Gasteiger partial charge in [0.25, 0.3) is 0 Å². The number of anilines is 1. The monoisotopic (exact) mass is 563 g/mol. The molecule has 0 fully saturated rings. The number of rotatable bonds is 8. The van der Waals surface area contributed by atoms with Crippen molar-refractivity contribution in [3.63, 3.8) is 0 Å². The number of aryl methyl sites for hydroxylation is 1. The molecule has 1 aliphatic rings. The molecule has 2 heterocycles. The Bertz CT molecular complexity index is 1320. The molecule has 1 aliphatic heterocycles. The van der Waals surface area contributed by atoms with Gasteiger partial charge in [-0.05, 0) is 42.6 Å². The van der Waals surface area contributed by atoms with Crippen molar-refractivity contribution < 1.29 is 23.6 Å². The first-order valence-electron chi connectivity index (χ1n) is 14.2. The Morgan fingerprint density at radius 3 is 2.56 bits per heavy atom. The number of methoxy groups -OCH3 is 2. The molecule has 0 bridgehead atoms. The van der Waals surface area contributed by atoms with Crippen LogP contribution in [0.25, 0.3) is 11.4 Å². The third-order valence-electron chi connectivity index (χ3n) is 7.21. The quantitative estimate of drug-likeness (QED) is 0.397. The Labute approximate surface area is 242 Å². The van der Waals surface area contributed by atoms with Gasteiger partial charge in [0.15, 0.2) is 0 Å². The summed E-state index contributed by atoms with van der Waals surface area (Å²) in [5.74, 6) is 2.51. The highest BCUT2D eigenvalue weighted by Gasteiger charge is 2.23. The fraction of sp³-hybridized carbons (Fsp3) is 0.484. The van der Waals surface area contributed by atoms with Crippen molar-refractivity contribution in [3.8, 4) is 22.9 Å². The molecular weight excluding hydrogens is 522 g/mol. The summed E-state index contributed by atoms with van der Waals surface area (Å²) in [5.41, 5.74) is 2.50. The standard InChI is InChI=1S/C31H41N5O5/c1-22(2)20-34-15-8-16-36(23(3)37)27-10-7-6-9-24(27)21-35(18-17-34)30(38)14-13-29-32-31(33-41-29)26-12-11-25(39-4)19-28(26)40-5/h6-7,9-12,19,22H,8,13-18,20-21H2,1-5H3. The lowest BCUT2D eigenvalue weighted by atomic mass is 10.1. The van der Waals surface area contributed by atoms with Crippen LogP contribution in [0.1, 0.15) is 45.1 Å². The van der Waals surface area contributed by atoms with Crippen LogP contribution in [0, 0.1) is 5.92 Å². The van der Waals surface area contributed by atoms with Crippen LogP contribution >= 0.6 is 0 Å². The van der Waals surface area contributed by atoms with Gasteiger partial charge in [-0.1, -0.05) is 37.2 Å². The molecule has 0 atom stereocenters. The van der Waals surface area contributed by atoms with Gasteiger partial charge in [-0.3, -0.25) is 9.59 Å². The number of benzene rings is 2. The van der Waals surface area contributed by atoms with E-state index in [1.165, 1.54) is 0 Å². The van der Waals surface area contributed by atoms with Gasteiger partial charge in [0.05, 0.1) is 19.8 Å². The van der Waals surface area contributed by atoms with E-state index in [1.54, 1.807) is 33.3 Å². The van der Waals surface area contributed by atoms with Crippen LogP contribution in [0.15, 0.2) is 47.0 Å². The van der Waals surface area contributed by atoms with Crippen LogP contribution in [0.3, 0.4) is 0 Å². The highest BCUT2D eigenvalue weighted by atomic mass is 16.5. The molecule has 0 spiro atoms. The van der Waals surface area contributed by atoms with Crippen LogP contribution in [0.4, 0.5) is 5.69 Å². The van der Waals surface area contributed by atoms with Crippen molar-refractivity contribution in [2.24, 2.45) is 5.92 Å². The minimum Gasteiger partial charge on any atom is -0.497 e. The number of para-hydroxylation sites is 1. The maximum atomic E-state index is 13.6. The van der Waals surface area contributed by atoms with Crippen molar-refractivity contribution >= 4 is 17.5 Å². The average molecular weight is 564 g/mol. The molecule has 0 radical (unpaired) electrons. The van der Waals surface area contributed by atoms with Crippen molar-refractivity contribution in [2.75, 3.05) is 51.8 Å². The van der Waals surface area contributed by atoms with Crippen molar-refractivity contribution in [1.82, 2.24) is 19.9 Å². The first-order valence-corrected chi connectivity index (χ1v) is 14.2. The normalized spacial score (nSPS) is 14.9. The van der Waals surface area contributed by atoms with E-state index in [-0.39, 0.29) is 18.2 Å². The zero-order valence-corrected chi connectivity index (χ0v) is 24.8. The zero-order valence-electron chi connectivity index (χ0n) is 24.8. The topological polar surface area (TPSA) is 101 Å². The Morgan fingerprint density at radius 2 is 1.83 bits per heavy atom. The van der Waals surface area contributed by atoms with Crippen molar-refractivity contribution in [2.45, 2.75) is 46.6 Å². The van der Waals surface area contributed by atoms with E-state index in [0.717, 1.165) is 37.3 Å². The fourth-order valence-electron chi connectivity index (χ4n) is 5.20. The van der Waals surface area contributed by atoms with E-state index in [0.29, 0.717) is 60.8 Å². The lowest BCUT2D eigenvalue weighted by Gasteiger charge is -2.28. The lowest BCUT2D eigenvalue weighted by molar-refractivity contribution is -0.132. The molecule has 0 saturated heterocycles. The van der Waals surface area contributed by atoms with Crippen LogP contribution in [-0.2, 0) is 22.6 Å². The summed E-state index contributed by atoms with van der Waals surface area (Å²) in [6, 6.07) is 13.3. The number of ether oxygens (including phenoxy) is 2. The molecule has 10 nitrogen and oxygen atoms in total. The summed E-state index contributed by atoms with van der Waals surface area (Å²) in [6.45, 7) is 10.2. The maximum absolute atomic E-state index is 13.6. The second-order valence-corrected chi connectivity index (χ2v) is 10.7. The molecule has 41 heavy (non-hydrogen) atoms. The molecule has 3 aromatic rings. The molecule has 1 aromatic heterocycles. The van der Waals surface area contributed by atoms with E-state index in [1.807, 2.05) is 40.1 Å². The number of aromatic nitrogens is 2. The maximum Gasteiger partial charge on any atom is 0.227 e. The number of hydrogen-bond donors (Lipinski definition) is 0. The Kier molecular flexibility index (Phi) is 10.3. The molecule has 0 unspecified atom stereocenters. The van der Waals surface area contributed by atoms with E-state index >= 15 is 0 Å². The predicted molar refractivity (Wildman–Crippen MR) is 157 cm³/mol. The molecule has 2 aromatic carbocycles. The minimum atomic E-state index is -0.000278. The predicted octanol–water partition coefficient (Wildman–Crippen LogP) is 4.43. The number of carbonyl (C=O) groups excluding carboxylic acids is 2. The molecule has 0 aliphatic carbocycles. The lowest BCUT2D eigenvalue weighted by Crippen LogP contribution is -2.40. The van der Waals surface area contributed by atoms with E-state index in [9.17, 15) is 9.59 Å². The van der Waals surface area contributed by atoms with Gasteiger partial charge >= 0.3 is 0 Å². The van der Waals surface area contributed by atoms with Crippen LogP contribution in [0.5, 0.6) is 11.5 Å². The molecule has 2 amide bonds. The van der Waals surface area contributed by atoms with E-state index < -0.39 is 0 Å². The first-order chi connectivity index (χ1) is 19.8. The number of carbonyl (C=O) groups is 2. The summed E-state index contributed by atoms with van der Waals surface area (Å²) in [5, 5.41) is 4.12. The second kappa shape index (κ2) is 14.1. The van der Waals surface area contributed by atoms with E-state index in [2.05, 4.69) is 28.9 Å². The van der Waals surface area contributed by atoms with Gasteiger partial charge in [-0.2, -0.15) is 4.98 Å². The molecule has 0 saturated carbocycles. The number of fused-ring (bicyclic) bond motifs is 1. The molecule has 10 heteroatoms. The Morgan fingerprint density at radius 1 is 1.02 bits per heavy atom. The van der Waals surface area contributed by atoms with Gasteiger partial charge in [-0.15, -0.1) is 0 Å². The average Bonchev–Trinajstić information content (AvgIpc) is 3.43. The van der Waals surface area contributed by atoms with Gasteiger partial charge in [-0.25, -0.2) is 0 Å². The number of hydrogen-bond acceptors (Lipinski definition) is 8. The molecule has 4 rings (SSSR count). The van der Waals surface area contributed by atoms with Crippen molar-refractivity contribution in [1.29, 1.82) is 0 Å². The number of nitrogens with zero attached hydrogens (tertiary/aromatic N) is 5. The van der Waals surface area contributed by atoms with E-state index in [4.69, 9.17) is 14.0 Å². The molecule has 220 valence electrons. The van der Waals surface area contributed by atoms with Crippen LogP contribution in [0.2, 0.25) is 0 Å². The highest BCUT2D eigenvalue weighted by Crippen LogP contribution is 2.31. The fourth-order valence-corrected chi connectivity index (χ4v) is 5.20. The highest BCUT2D eigenvalue weighted by molar-refractivity contribution is 5.92. The third-order valence-corrected chi connectivity index (χ3v) is 7.21. The summed E-state index contributed by atoms with van der Waals surface area (Å²) < 4.78 is 16.2. The SMILES string of the molecule is COc1ccc(-c2noc(CCC(=O)N3CCN(CC(C)C)CCCN(C(C)=O)c4ccccc4C3)n2)c(OC)c1. The minimum absolute atomic E-state index is 0.000278. The van der Waals surface area contributed by atoms with Gasteiger partial charge in [0.2, 0.25) is 23.5 Å². The summed E-state index contributed by atoms with van der Waals surface area (Å²) >= 11 is 0. The third kappa shape index (κ3) is 7.85. The van der Waals surface area contributed by atoms with Crippen LogP contribution in [-0.4, -0.2) is 78.7 Å². The molecular formula is C31H41N5O5. The second-order valence-electron chi connectivity index (χ2n) is 10.7. The molecule has 0 N–H and O–H groups in total.